The quantitative estimate of drug-likeness (QED) is 0.809. The lowest BCUT2D eigenvalue weighted by molar-refractivity contribution is 0.585. The van der Waals surface area contributed by atoms with Gasteiger partial charge in [0.05, 0.1) is 5.01 Å². The summed E-state index contributed by atoms with van der Waals surface area (Å²) in [4.78, 5) is 5.68. The minimum Gasteiger partial charge on any atom is -0.311 e. The Kier molecular flexibility index (Phi) is 5.76. The van der Waals surface area contributed by atoms with Crippen molar-refractivity contribution in [1.29, 1.82) is 0 Å². The molecule has 0 amide bonds. The van der Waals surface area contributed by atoms with Crippen LogP contribution in [0.4, 0.5) is 0 Å². The van der Waals surface area contributed by atoms with Crippen molar-refractivity contribution in [2.45, 2.75) is 39.7 Å². The van der Waals surface area contributed by atoms with Crippen molar-refractivity contribution in [3.63, 3.8) is 0 Å². The first-order valence-electron chi connectivity index (χ1n) is 5.94. The van der Waals surface area contributed by atoms with Gasteiger partial charge in [0.25, 0.3) is 0 Å². The maximum absolute atomic E-state index is 11.2. The topological polar surface area (TPSA) is 42.0 Å². The van der Waals surface area contributed by atoms with Gasteiger partial charge in [-0.2, -0.15) is 0 Å². The van der Waals surface area contributed by atoms with Gasteiger partial charge in [-0.25, -0.2) is 4.98 Å². The number of hydrogen-bond acceptors (Lipinski definition) is 4. The van der Waals surface area contributed by atoms with Crippen LogP contribution >= 0.6 is 11.3 Å². The highest BCUT2D eigenvalue weighted by Crippen LogP contribution is 2.26. The molecule has 1 aromatic heterocycles. The second-order valence-electron chi connectivity index (χ2n) is 4.99. The molecule has 0 bridgehead atoms. The number of aromatic nitrogens is 1. The van der Waals surface area contributed by atoms with Gasteiger partial charge < -0.3 is 5.32 Å². The van der Waals surface area contributed by atoms with E-state index in [1.165, 1.54) is 9.88 Å². The lowest BCUT2D eigenvalue weighted by Crippen LogP contribution is -2.20. The van der Waals surface area contributed by atoms with Gasteiger partial charge in [-0.15, -0.1) is 11.3 Å². The molecule has 1 N–H and O–H groups in total. The maximum atomic E-state index is 11.2. The van der Waals surface area contributed by atoms with Gasteiger partial charge in [-0.1, -0.05) is 27.7 Å². The summed E-state index contributed by atoms with van der Waals surface area (Å²) < 4.78 is 11.2. The van der Waals surface area contributed by atoms with Crippen molar-refractivity contribution < 1.29 is 4.21 Å². The zero-order chi connectivity index (χ0) is 12.9. The monoisotopic (exact) mass is 274 g/mol. The third kappa shape index (κ3) is 5.27. The van der Waals surface area contributed by atoms with Crippen LogP contribution in [-0.4, -0.2) is 27.2 Å². The zero-order valence-electron chi connectivity index (χ0n) is 11.1. The van der Waals surface area contributed by atoms with Crippen LogP contribution in [0.2, 0.25) is 0 Å². The van der Waals surface area contributed by atoms with Crippen LogP contribution in [0.15, 0.2) is 6.20 Å². The number of hydrogen-bond donors (Lipinski definition) is 1. The number of rotatable bonds is 6. The summed E-state index contributed by atoms with van der Waals surface area (Å²) in [6, 6.07) is 0. The highest BCUT2D eigenvalue weighted by Gasteiger charge is 2.17. The standard InChI is InChI=1S/C12H22N2OS2/c1-5-17(15)7-6-13-8-10-9-14-11(16-10)12(2,3)4/h9,13H,5-8H2,1-4H3. The summed E-state index contributed by atoms with van der Waals surface area (Å²) in [5.41, 5.74) is 0.132. The Morgan fingerprint density at radius 3 is 2.71 bits per heavy atom. The van der Waals surface area contributed by atoms with Crippen molar-refractivity contribution in [3.8, 4) is 0 Å². The highest BCUT2D eigenvalue weighted by molar-refractivity contribution is 7.84. The highest BCUT2D eigenvalue weighted by atomic mass is 32.2. The molecule has 1 heterocycles. The van der Waals surface area contributed by atoms with E-state index in [0.717, 1.165) is 24.6 Å². The average Bonchev–Trinajstić information content (AvgIpc) is 2.72. The molecule has 1 rings (SSSR count). The Labute approximate surface area is 111 Å². The summed E-state index contributed by atoms with van der Waals surface area (Å²) in [7, 11) is -0.668. The second-order valence-corrected chi connectivity index (χ2v) is 7.97. The number of nitrogens with zero attached hydrogens (tertiary/aromatic N) is 1. The number of thiazole rings is 1. The van der Waals surface area contributed by atoms with Crippen molar-refractivity contribution in [2.24, 2.45) is 0 Å². The molecule has 0 aliphatic carbocycles. The van der Waals surface area contributed by atoms with Crippen LogP contribution < -0.4 is 5.32 Å². The fourth-order valence-electron chi connectivity index (χ4n) is 1.28. The Balaban J connectivity index is 2.33. The maximum Gasteiger partial charge on any atom is 0.0981 e. The van der Waals surface area contributed by atoms with Crippen LogP contribution in [0.25, 0.3) is 0 Å². The SMILES string of the molecule is CCS(=O)CCNCc1cnc(C(C)(C)C)s1. The minimum absolute atomic E-state index is 0.132. The largest absolute Gasteiger partial charge is 0.311 e. The van der Waals surface area contributed by atoms with Gasteiger partial charge in [-0.3, -0.25) is 4.21 Å². The van der Waals surface area contributed by atoms with Crippen molar-refractivity contribution in [1.82, 2.24) is 10.3 Å². The summed E-state index contributed by atoms with van der Waals surface area (Å²) in [6.45, 7) is 10.1. The normalized spacial score (nSPS) is 13.9. The molecule has 0 spiro atoms. The molecule has 1 aromatic rings. The predicted octanol–water partition coefficient (Wildman–Crippen LogP) is 2.30. The Morgan fingerprint density at radius 1 is 1.47 bits per heavy atom. The van der Waals surface area contributed by atoms with Gasteiger partial charge in [0.15, 0.2) is 0 Å². The third-order valence-corrected chi connectivity index (χ3v) is 5.05. The Hall–Kier alpha value is -0.260. The van der Waals surface area contributed by atoms with Crippen LogP contribution in [0.5, 0.6) is 0 Å². The zero-order valence-corrected chi connectivity index (χ0v) is 12.7. The minimum atomic E-state index is -0.668. The molecule has 3 nitrogen and oxygen atoms in total. The van der Waals surface area contributed by atoms with Crippen LogP contribution in [0.1, 0.15) is 37.6 Å². The van der Waals surface area contributed by atoms with E-state index < -0.39 is 10.8 Å². The molecule has 0 aliphatic rings. The first kappa shape index (κ1) is 14.8. The van der Waals surface area contributed by atoms with Gasteiger partial charge in [-0.05, 0) is 0 Å². The first-order chi connectivity index (χ1) is 7.93. The molecule has 0 saturated heterocycles. The van der Waals surface area contributed by atoms with Gasteiger partial charge >= 0.3 is 0 Å². The lowest BCUT2D eigenvalue weighted by Gasteiger charge is -2.13. The molecule has 98 valence electrons. The Bertz CT molecular complexity index is 369. The van der Waals surface area contributed by atoms with E-state index in [1.807, 2.05) is 13.1 Å². The third-order valence-electron chi connectivity index (χ3n) is 2.32. The molecule has 1 atom stereocenters. The van der Waals surface area contributed by atoms with Crippen molar-refractivity contribution in [2.75, 3.05) is 18.1 Å². The first-order valence-corrected chi connectivity index (χ1v) is 8.25. The molecule has 1 unspecified atom stereocenters. The lowest BCUT2D eigenvalue weighted by atomic mass is 9.98. The fraction of sp³-hybridized carbons (Fsp3) is 0.750. The molecule has 0 saturated carbocycles. The second kappa shape index (κ2) is 6.61. The predicted molar refractivity (Wildman–Crippen MR) is 76.1 cm³/mol. The van der Waals surface area contributed by atoms with E-state index in [1.54, 1.807) is 11.3 Å². The van der Waals surface area contributed by atoms with E-state index in [9.17, 15) is 4.21 Å². The summed E-state index contributed by atoms with van der Waals surface area (Å²) in [6.07, 6.45) is 1.94. The average molecular weight is 274 g/mol. The van der Waals surface area contributed by atoms with Gasteiger partial charge in [0, 0.05) is 51.9 Å². The molecule has 17 heavy (non-hydrogen) atoms. The van der Waals surface area contributed by atoms with E-state index >= 15 is 0 Å². The molecule has 0 aromatic carbocycles. The smallest absolute Gasteiger partial charge is 0.0981 e. The Morgan fingerprint density at radius 2 is 2.18 bits per heavy atom. The summed E-state index contributed by atoms with van der Waals surface area (Å²) in [5.74, 6) is 1.48. The van der Waals surface area contributed by atoms with Crippen LogP contribution in [0, 0.1) is 0 Å². The molecule has 0 radical (unpaired) electrons. The summed E-state index contributed by atoms with van der Waals surface area (Å²) in [5, 5.41) is 4.48. The molecule has 5 heteroatoms. The van der Waals surface area contributed by atoms with E-state index in [-0.39, 0.29) is 5.41 Å². The van der Waals surface area contributed by atoms with E-state index in [2.05, 4.69) is 31.1 Å². The van der Waals surface area contributed by atoms with E-state index in [4.69, 9.17) is 0 Å². The fourth-order valence-corrected chi connectivity index (χ4v) is 2.88. The van der Waals surface area contributed by atoms with Gasteiger partial charge in [0.1, 0.15) is 0 Å². The van der Waals surface area contributed by atoms with Gasteiger partial charge in [0.2, 0.25) is 0 Å². The van der Waals surface area contributed by atoms with Crippen molar-refractivity contribution >= 4 is 22.1 Å². The summed E-state index contributed by atoms with van der Waals surface area (Å²) >= 11 is 1.75. The number of nitrogens with one attached hydrogen (secondary N) is 1. The van der Waals surface area contributed by atoms with Crippen LogP contribution in [0.3, 0.4) is 0 Å². The molecular formula is C12H22N2OS2. The molecular weight excluding hydrogens is 252 g/mol. The van der Waals surface area contributed by atoms with E-state index in [0.29, 0.717) is 0 Å². The molecule has 0 aliphatic heterocycles. The van der Waals surface area contributed by atoms with Crippen LogP contribution in [-0.2, 0) is 22.8 Å². The van der Waals surface area contributed by atoms with Crippen molar-refractivity contribution in [3.05, 3.63) is 16.1 Å². The molecule has 0 fully saturated rings.